The predicted octanol–water partition coefficient (Wildman–Crippen LogP) is 3.27. The molecule has 0 radical (unpaired) electrons. The largest absolute Gasteiger partial charge is 0.391 e. The molecule has 0 aromatic heterocycles. The molecule has 0 bridgehead atoms. The zero-order chi connectivity index (χ0) is 26.2. The van der Waals surface area contributed by atoms with Crippen LogP contribution in [0.4, 0.5) is 4.79 Å². The third-order valence-corrected chi connectivity index (χ3v) is 8.13. The van der Waals surface area contributed by atoms with Crippen LogP contribution in [0.15, 0.2) is 23.1 Å². The van der Waals surface area contributed by atoms with E-state index in [9.17, 15) is 23.1 Å². The van der Waals surface area contributed by atoms with Crippen molar-refractivity contribution in [2.75, 3.05) is 13.1 Å². The first kappa shape index (κ1) is 29.6. The number of hydrogen-bond donors (Lipinski definition) is 4. The van der Waals surface area contributed by atoms with E-state index in [4.69, 9.17) is 28.9 Å². The summed E-state index contributed by atoms with van der Waals surface area (Å²) in [5, 5.41) is 13.9. The monoisotopic (exact) mass is 550 g/mol. The molecule has 1 fully saturated rings. The second-order valence-corrected chi connectivity index (χ2v) is 12.0. The molecule has 2 atom stereocenters. The van der Waals surface area contributed by atoms with Crippen LogP contribution in [0.1, 0.15) is 58.8 Å². The molecule has 1 aromatic rings. The van der Waals surface area contributed by atoms with E-state index in [-0.39, 0.29) is 41.4 Å². The minimum atomic E-state index is -3.93. The van der Waals surface area contributed by atoms with Crippen LogP contribution in [0.25, 0.3) is 0 Å². The summed E-state index contributed by atoms with van der Waals surface area (Å²) in [5.41, 5.74) is 5.62. The smallest absolute Gasteiger partial charge is 0.318 e. The van der Waals surface area contributed by atoms with Gasteiger partial charge in [0.05, 0.1) is 11.1 Å². The highest BCUT2D eigenvalue weighted by Gasteiger charge is 2.32. The summed E-state index contributed by atoms with van der Waals surface area (Å²) >= 11 is 11.8. The van der Waals surface area contributed by atoms with Gasteiger partial charge in [0.15, 0.2) is 0 Å². The normalized spacial score (nSPS) is 16.6. The fourth-order valence-electron chi connectivity index (χ4n) is 4.15. The Morgan fingerprint density at radius 1 is 1.20 bits per heavy atom. The molecule has 3 amide bonds. The lowest BCUT2D eigenvalue weighted by atomic mass is 9.95. The van der Waals surface area contributed by atoms with Crippen molar-refractivity contribution in [2.45, 2.75) is 81.9 Å². The summed E-state index contributed by atoms with van der Waals surface area (Å²) in [5.74, 6) is -0.562. The van der Waals surface area contributed by atoms with E-state index in [0.29, 0.717) is 11.4 Å². The van der Waals surface area contributed by atoms with Gasteiger partial charge >= 0.3 is 6.03 Å². The minimum Gasteiger partial charge on any atom is -0.391 e. The number of hydrogen-bond acceptors (Lipinski definition) is 5. The van der Waals surface area contributed by atoms with E-state index in [0.717, 1.165) is 32.1 Å². The number of amides is 3. The number of urea groups is 1. The quantitative estimate of drug-likeness (QED) is 0.316. The van der Waals surface area contributed by atoms with Crippen molar-refractivity contribution in [3.63, 3.8) is 0 Å². The molecule has 9 nitrogen and oxygen atoms in total. The van der Waals surface area contributed by atoms with Gasteiger partial charge in [0.25, 0.3) is 0 Å². The van der Waals surface area contributed by atoms with Crippen molar-refractivity contribution >= 4 is 45.2 Å². The fourth-order valence-corrected chi connectivity index (χ4v) is 5.97. The van der Waals surface area contributed by atoms with Gasteiger partial charge in [-0.2, -0.15) is 0 Å². The van der Waals surface area contributed by atoms with Crippen LogP contribution in [0.5, 0.6) is 0 Å². The van der Waals surface area contributed by atoms with Crippen molar-refractivity contribution < 1.29 is 23.1 Å². The average molecular weight is 552 g/mol. The number of nitrogens with zero attached hydrogens (tertiary/aromatic N) is 1. The fraction of sp³-hybridized carbons (Fsp3) is 0.652. The van der Waals surface area contributed by atoms with E-state index < -0.39 is 34.1 Å². The topological polar surface area (TPSA) is 142 Å². The highest BCUT2D eigenvalue weighted by molar-refractivity contribution is 7.89. The van der Waals surface area contributed by atoms with Crippen molar-refractivity contribution in [2.24, 2.45) is 11.7 Å². The van der Waals surface area contributed by atoms with Gasteiger partial charge in [-0.3, -0.25) is 4.79 Å². The van der Waals surface area contributed by atoms with Gasteiger partial charge in [0.2, 0.25) is 15.9 Å². The molecular weight excluding hydrogens is 515 g/mol. The standard InChI is InChI=1S/C23H36Cl2N4O5S/c1-15(2)12-20(22(26)31)29(23(32)28-17-6-4-3-5-7-17)14-18(30)10-11-27-35(33,34)21-9-8-16(24)13-19(21)25/h8-9,13,15,17-18,20,27,30H,3-7,10-12,14H2,1-2H3,(H2,26,31)(H,28,32)/t18-,20-/m0/s1. The van der Waals surface area contributed by atoms with Crippen molar-refractivity contribution in [3.8, 4) is 0 Å². The van der Waals surface area contributed by atoms with Gasteiger partial charge in [-0.1, -0.05) is 56.3 Å². The van der Waals surface area contributed by atoms with E-state index in [2.05, 4.69) is 10.0 Å². The SMILES string of the molecule is CC(C)C[C@@H](C(N)=O)N(C[C@@H](O)CCNS(=O)(=O)c1ccc(Cl)cc1Cl)C(=O)NC1CCCCC1. The number of nitrogens with one attached hydrogen (secondary N) is 2. The Kier molecular flexibility index (Phi) is 11.6. The summed E-state index contributed by atoms with van der Waals surface area (Å²) in [6.45, 7) is 3.56. The predicted molar refractivity (Wildman–Crippen MR) is 137 cm³/mol. The van der Waals surface area contributed by atoms with Crippen molar-refractivity contribution in [3.05, 3.63) is 28.2 Å². The number of aliphatic hydroxyl groups is 1. The number of halogens is 2. The van der Waals surface area contributed by atoms with Gasteiger partial charge in [-0.15, -0.1) is 0 Å². The number of benzene rings is 1. The molecule has 198 valence electrons. The Morgan fingerprint density at radius 3 is 2.43 bits per heavy atom. The Balaban J connectivity index is 2.05. The number of aliphatic hydroxyl groups excluding tert-OH is 1. The van der Waals surface area contributed by atoms with Crippen LogP contribution >= 0.6 is 23.2 Å². The molecule has 1 aromatic carbocycles. The summed E-state index contributed by atoms with van der Waals surface area (Å²) in [6.07, 6.45) is 4.17. The lowest BCUT2D eigenvalue weighted by Gasteiger charge is -2.34. The second-order valence-electron chi connectivity index (χ2n) is 9.40. The molecule has 0 saturated heterocycles. The molecule has 12 heteroatoms. The van der Waals surface area contributed by atoms with Crippen LogP contribution < -0.4 is 15.8 Å². The summed E-state index contributed by atoms with van der Waals surface area (Å²) in [4.78, 5) is 26.5. The van der Waals surface area contributed by atoms with E-state index in [1.165, 1.54) is 23.1 Å². The Morgan fingerprint density at radius 2 is 1.86 bits per heavy atom. The summed E-state index contributed by atoms with van der Waals surface area (Å²) < 4.78 is 27.5. The molecule has 1 aliphatic carbocycles. The minimum absolute atomic E-state index is 0.00477. The second kappa shape index (κ2) is 13.6. The van der Waals surface area contributed by atoms with Crippen molar-refractivity contribution in [1.82, 2.24) is 14.9 Å². The van der Waals surface area contributed by atoms with E-state index in [1.807, 2.05) is 13.8 Å². The molecule has 0 unspecified atom stereocenters. The van der Waals surface area contributed by atoms with E-state index in [1.54, 1.807) is 0 Å². The molecule has 5 N–H and O–H groups in total. The first-order valence-corrected chi connectivity index (χ1v) is 14.1. The molecule has 2 rings (SSSR count). The van der Waals surface area contributed by atoms with Gasteiger partial charge in [0, 0.05) is 24.2 Å². The number of rotatable bonds is 12. The molecule has 0 heterocycles. The summed E-state index contributed by atoms with van der Waals surface area (Å²) in [7, 11) is -3.93. The van der Waals surface area contributed by atoms with Gasteiger partial charge in [-0.05, 0) is 49.8 Å². The average Bonchev–Trinajstić information content (AvgIpc) is 2.76. The van der Waals surface area contributed by atoms with Crippen LogP contribution in [0.3, 0.4) is 0 Å². The number of primary amides is 1. The third-order valence-electron chi connectivity index (χ3n) is 5.95. The number of carbonyl (C=O) groups excluding carboxylic acids is 2. The molecule has 1 saturated carbocycles. The number of sulfonamides is 1. The molecule has 1 aliphatic rings. The van der Waals surface area contributed by atoms with Crippen molar-refractivity contribution in [1.29, 1.82) is 0 Å². The Bertz CT molecular complexity index is 971. The van der Waals surface area contributed by atoms with Crippen LogP contribution in [-0.2, 0) is 14.8 Å². The zero-order valence-electron chi connectivity index (χ0n) is 20.2. The van der Waals surface area contributed by atoms with Gasteiger partial charge in [0.1, 0.15) is 10.9 Å². The third kappa shape index (κ3) is 9.42. The maximum atomic E-state index is 13.1. The molecule has 0 spiro atoms. The zero-order valence-corrected chi connectivity index (χ0v) is 22.5. The first-order chi connectivity index (χ1) is 16.4. The molecule has 0 aliphatic heterocycles. The maximum absolute atomic E-state index is 13.1. The van der Waals surface area contributed by atoms with E-state index >= 15 is 0 Å². The van der Waals surface area contributed by atoms with Gasteiger partial charge in [-0.25, -0.2) is 17.9 Å². The summed E-state index contributed by atoms with van der Waals surface area (Å²) in [6, 6.07) is 2.71. The number of nitrogens with two attached hydrogens (primary N) is 1. The van der Waals surface area contributed by atoms with Crippen LogP contribution in [0, 0.1) is 5.92 Å². The molecular formula is C23H36Cl2N4O5S. The highest BCUT2D eigenvalue weighted by Crippen LogP contribution is 2.25. The Labute approximate surface area is 217 Å². The number of carbonyl (C=O) groups is 2. The van der Waals surface area contributed by atoms with Gasteiger partial charge < -0.3 is 21.1 Å². The lowest BCUT2D eigenvalue weighted by Crippen LogP contribution is -2.56. The Hall–Kier alpha value is -1.59. The lowest BCUT2D eigenvalue weighted by molar-refractivity contribution is -0.123. The molecule has 35 heavy (non-hydrogen) atoms. The first-order valence-electron chi connectivity index (χ1n) is 11.9. The van der Waals surface area contributed by atoms with Crippen LogP contribution in [0.2, 0.25) is 10.0 Å². The van der Waals surface area contributed by atoms with Crippen LogP contribution in [-0.4, -0.2) is 61.6 Å². The highest BCUT2D eigenvalue weighted by atomic mass is 35.5. The maximum Gasteiger partial charge on any atom is 0.318 e.